The minimum absolute atomic E-state index is 0.0851. The Kier molecular flexibility index (Phi) is 4.20. The van der Waals surface area contributed by atoms with Gasteiger partial charge in [-0.3, -0.25) is 4.79 Å². The fourth-order valence-electron chi connectivity index (χ4n) is 2.52. The zero-order chi connectivity index (χ0) is 16.2. The number of allylic oxidation sites excluding steroid dienone is 2. The Bertz CT molecular complexity index is 799. The Labute approximate surface area is 133 Å². The molecule has 0 spiro atoms. The number of nitrogens with one attached hydrogen (secondary N) is 1. The first-order chi connectivity index (χ1) is 11.2. The van der Waals surface area contributed by atoms with Crippen molar-refractivity contribution < 1.29 is 9.18 Å². The SMILES string of the molecule is N#Cc1cnn(Cc2ccc(F)cc2)c1NC1=CC(=O)CCC1. The number of benzene rings is 1. The summed E-state index contributed by atoms with van der Waals surface area (Å²) >= 11 is 0. The number of carbonyl (C=O) groups excluding carboxylic acids is 1. The lowest BCUT2D eigenvalue weighted by molar-refractivity contribution is -0.115. The van der Waals surface area contributed by atoms with Gasteiger partial charge in [-0.15, -0.1) is 0 Å². The molecule has 23 heavy (non-hydrogen) atoms. The van der Waals surface area contributed by atoms with Gasteiger partial charge in [-0.25, -0.2) is 9.07 Å². The van der Waals surface area contributed by atoms with Crippen molar-refractivity contribution in [3.8, 4) is 6.07 Å². The molecule has 0 atom stereocenters. The molecule has 1 aromatic carbocycles. The Balaban J connectivity index is 1.87. The number of nitrogens with zero attached hydrogens (tertiary/aromatic N) is 3. The topological polar surface area (TPSA) is 70.7 Å². The zero-order valence-corrected chi connectivity index (χ0v) is 12.4. The lowest BCUT2D eigenvalue weighted by Crippen LogP contribution is -2.13. The van der Waals surface area contributed by atoms with Gasteiger partial charge in [0.15, 0.2) is 5.78 Å². The van der Waals surface area contributed by atoms with E-state index in [1.165, 1.54) is 18.3 Å². The molecule has 116 valence electrons. The molecule has 0 amide bonds. The van der Waals surface area contributed by atoms with Crippen LogP contribution < -0.4 is 5.32 Å². The van der Waals surface area contributed by atoms with Crippen LogP contribution in [0.2, 0.25) is 0 Å². The summed E-state index contributed by atoms with van der Waals surface area (Å²) in [6.07, 6.45) is 5.19. The zero-order valence-electron chi connectivity index (χ0n) is 12.4. The van der Waals surface area contributed by atoms with E-state index in [0.29, 0.717) is 24.3 Å². The van der Waals surface area contributed by atoms with Crippen LogP contribution in [0.25, 0.3) is 0 Å². The molecule has 2 aromatic rings. The van der Waals surface area contributed by atoms with E-state index < -0.39 is 0 Å². The lowest BCUT2D eigenvalue weighted by atomic mass is 10.0. The normalized spacial score (nSPS) is 14.3. The average Bonchev–Trinajstić information content (AvgIpc) is 2.91. The summed E-state index contributed by atoms with van der Waals surface area (Å²) in [5, 5.41) is 16.6. The number of halogens is 1. The maximum Gasteiger partial charge on any atom is 0.157 e. The van der Waals surface area contributed by atoms with E-state index >= 15 is 0 Å². The highest BCUT2D eigenvalue weighted by atomic mass is 19.1. The van der Waals surface area contributed by atoms with Gasteiger partial charge in [0.2, 0.25) is 0 Å². The molecule has 0 unspecified atom stereocenters. The maximum atomic E-state index is 13.0. The van der Waals surface area contributed by atoms with Crippen molar-refractivity contribution in [1.29, 1.82) is 5.26 Å². The molecule has 1 N–H and O–H groups in total. The van der Waals surface area contributed by atoms with Gasteiger partial charge >= 0.3 is 0 Å². The molecule has 6 heteroatoms. The van der Waals surface area contributed by atoms with Crippen LogP contribution in [0.3, 0.4) is 0 Å². The van der Waals surface area contributed by atoms with Crippen LogP contribution in [0, 0.1) is 17.1 Å². The highest BCUT2D eigenvalue weighted by Gasteiger charge is 2.15. The monoisotopic (exact) mass is 310 g/mol. The van der Waals surface area contributed by atoms with Crippen LogP contribution in [-0.4, -0.2) is 15.6 Å². The molecular weight excluding hydrogens is 295 g/mol. The van der Waals surface area contributed by atoms with Crippen molar-refractivity contribution in [3.63, 3.8) is 0 Å². The van der Waals surface area contributed by atoms with Crippen molar-refractivity contribution in [3.05, 3.63) is 59.2 Å². The minimum Gasteiger partial charge on any atom is -0.343 e. The van der Waals surface area contributed by atoms with Gasteiger partial charge in [-0.1, -0.05) is 12.1 Å². The first-order valence-electron chi connectivity index (χ1n) is 7.36. The molecular formula is C17H15FN4O. The van der Waals surface area contributed by atoms with Gasteiger partial charge in [0.25, 0.3) is 0 Å². The van der Waals surface area contributed by atoms with Crippen LogP contribution in [0.4, 0.5) is 10.2 Å². The summed E-state index contributed by atoms with van der Waals surface area (Å²) in [4.78, 5) is 11.5. The largest absolute Gasteiger partial charge is 0.343 e. The Morgan fingerprint density at radius 3 is 2.78 bits per heavy atom. The van der Waals surface area contributed by atoms with Crippen molar-refractivity contribution in [2.24, 2.45) is 0 Å². The number of aromatic nitrogens is 2. The van der Waals surface area contributed by atoms with Crippen LogP contribution in [0.5, 0.6) is 0 Å². The Morgan fingerprint density at radius 2 is 2.09 bits per heavy atom. The standard InChI is InChI=1S/C17H15FN4O/c18-14-6-4-12(5-7-14)11-22-17(13(9-19)10-20-22)21-15-2-1-3-16(23)8-15/h4-8,10,21H,1-3,11H2. The number of rotatable bonds is 4. The van der Waals surface area contributed by atoms with Crippen LogP contribution in [0.15, 0.2) is 42.2 Å². The lowest BCUT2D eigenvalue weighted by Gasteiger charge is -2.16. The molecule has 0 saturated carbocycles. The molecule has 0 radical (unpaired) electrons. The number of ketones is 1. The number of nitriles is 1. The highest BCUT2D eigenvalue weighted by Crippen LogP contribution is 2.22. The van der Waals surface area contributed by atoms with Gasteiger partial charge in [0.05, 0.1) is 12.7 Å². The first kappa shape index (κ1) is 15.0. The summed E-state index contributed by atoms with van der Waals surface area (Å²) in [7, 11) is 0. The van der Waals surface area contributed by atoms with Gasteiger partial charge in [-0.05, 0) is 30.5 Å². The van der Waals surface area contributed by atoms with E-state index in [1.54, 1.807) is 22.9 Å². The molecule has 5 nitrogen and oxygen atoms in total. The number of carbonyl (C=O) groups is 1. The van der Waals surface area contributed by atoms with E-state index in [2.05, 4.69) is 16.5 Å². The summed E-state index contributed by atoms with van der Waals surface area (Å²) in [6, 6.07) is 8.22. The summed E-state index contributed by atoms with van der Waals surface area (Å²) in [5.74, 6) is 0.343. The molecule has 0 aliphatic heterocycles. The van der Waals surface area contributed by atoms with Gasteiger partial charge in [0.1, 0.15) is 23.3 Å². The maximum absolute atomic E-state index is 13.0. The fourth-order valence-corrected chi connectivity index (χ4v) is 2.52. The molecule has 0 bridgehead atoms. The average molecular weight is 310 g/mol. The van der Waals surface area contributed by atoms with Crippen molar-refractivity contribution in [1.82, 2.24) is 9.78 Å². The van der Waals surface area contributed by atoms with Crippen molar-refractivity contribution in [2.45, 2.75) is 25.8 Å². The molecule has 1 heterocycles. The number of hydrogen-bond donors (Lipinski definition) is 1. The third-order valence-electron chi connectivity index (χ3n) is 3.69. The smallest absolute Gasteiger partial charge is 0.157 e. The van der Waals surface area contributed by atoms with E-state index in [-0.39, 0.29) is 11.6 Å². The number of hydrogen-bond acceptors (Lipinski definition) is 4. The highest BCUT2D eigenvalue weighted by molar-refractivity contribution is 5.91. The molecule has 0 fully saturated rings. The first-order valence-corrected chi connectivity index (χ1v) is 7.36. The van der Waals surface area contributed by atoms with E-state index in [4.69, 9.17) is 0 Å². The Morgan fingerprint density at radius 1 is 1.30 bits per heavy atom. The van der Waals surface area contributed by atoms with Crippen molar-refractivity contribution >= 4 is 11.6 Å². The third kappa shape index (κ3) is 3.46. The van der Waals surface area contributed by atoms with Crippen LogP contribution in [0.1, 0.15) is 30.4 Å². The van der Waals surface area contributed by atoms with E-state index in [9.17, 15) is 14.4 Å². The second-order valence-electron chi connectivity index (χ2n) is 5.42. The predicted octanol–water partition coefficient (Wildman–Crippen LogP) is 2.99. The van der Waals surface area contributed by atoms with E-state index in [0.717, 1.165) is 24.1 Å². The molecule has 1 aromatic heterocycles. The summed E-state index contributed by atoms with van der Waals surface area (Å²) in [5.41, 5.74) is 2.07. The molecule has 1 aliphatic rings. The quantitative estimate of drug-likeness (QED) is 0.942. The van der Waals surface area contributed by atoms with E-state index in [1.807, 2.05) is 0 Å². The minimum atomic E-state index is -0.295. The van der Waals surface area contributed by atoms with Gasteiger partial charge in [0, 0.05) is 18.2 Å². The van der Waals surface area contributed by atoms with Crippen LogP contribution >= 0.6 is 0 Å². The van der Waals surface area contributed by atoms with Crippen molar-refractivity contribution in [2.75, 3.05) is 5.32 Å². The number of anilines is 1. The van der Waals surface area contributed by atoms with Crippen LogP contribution in [-0.2, 0) is 11.3 Å². The second kappa shape index (κ2) is 6.44. The Hall–Kier alpha value is -2.94. The molecule has 1 aliphatic carbocycles. The summed E-state index contributed by atoms with van der Waals surface area (Å²) in [6.45, 7) is 0.408. The third-order valence-corrected chi connectivity index (χ3v) is 3.69. The molecule has 0 saturated heterocycles. The van der Waals surface area contributed by atoms with Gasteiger partial charge < -0.3 is 5.32 Å². The second-order valence-corrected chi connectivity index (χ2v) is 5.42. The summed E-state index contributed by atoms with van der Waals surface area (Å²) < 4.78 is 14.6. The predicted molar refractivity (Wildman–Crippen MR) is 83.0 cm³/mol. The van der Waals surface area contributed by atoms with Gasteiger partial charge in [-0.2, -0.15) is 10.4 Å². The fraction of sp³-hybridized carbons (Fsp3) is 0.235. The molecule has 3 rings (SSSR count).